The van der Waals surface area contributed by atoms with Crippen molar-refractivity contribution in [1.29, 1.82) is 0 Å². The molecule has 1 radical (unpaired) electrons. The summed E-state index contributed by atoms with van der Waals surface area (Å²) in [5.74, 6) is -1.99. The Morgan fingerprint density at radius 2 is 2.29 bits per heavy atom. The van der Waals surface area contributed by atoms with Crippen LogP contribution in [-0.4, -0.2) is 31.9 Å². The lowest BCUT2D eigenvalue weighted by Crippen LogP contribution is -2.44. The number of nitrogens with zero attached hydrogens (tertiary/aromatic N) is 2. The number of aliphatic hydroxyl groups is 2. The van der Waals surface area contributed by atoms with Crippen LogP contribution in [0, 0.1) is 6.08 Å². The van der Waals surface area contributed by atoms with Gasteiger partial charge in [-0.1, -0.05) is 6.08 Å². The van der Waals surface area contributed by atoms with Gasteiger partial charge in [0.15, 0.2) is 6.10 Å². The summed E-state index contributed by atoms with van der Waals surface area (Å²) in [6.45, 7) is 0. The molecule has 0 spiro atoms. The van der Waals surface area contributed by atoms with E-state index in [0.717, 1.165) is 10.8 Å². The molecule has 0 aliphatic heterocycles. The number of hydrogen-bond acceptors (Lipinski definition) is 5. The van der Waals surface area contributed by atoms with Gasteiger partial charge in [0.25, 0.3) is 5.56 Å². The van der Waals surface area contributed by atoms with Crippen LogP contribution in [0.4, 0.5) is 0 Å². The van der Waals surface area contributed by atoms with Crippen molar-refractivity contribution in [2.45, 2.75) is 11.9 Å². The van der Waals surface area contributed by atoms with Gasteiger partial charge in [-0.25, -0.2) is 4.68 Å². The summed E-state index contributed by atoms with van der Waals surface area (Å²) in [4.78, 5) is 11.1. The SMILES string of the molecule is Cn1nc(O[C@@H]2C=[C]C=CC2(O)O)ccc1=O. The minimum atomic E-state index is -2.11. The van der Waals surface area contributed by atoms with E-state index in [4.69, 9.17) is 4.74 Å². The maximum Gasteiger partial charge on any atom is 0.266 e. The fraction of sp³-hybridized carbons (Fsp3) is 0.273. The Kier molecular flexibility index (Phi) is 2.83. The highest BCUT2D eigenvalue weighted by molar-refractivity contribution is 5.18. The van der Waals surface area contributed by atoms with E-state index in [9.17, 15) is 15.0 Å². The van der Waals surface area contributed by atoms with Crippen molar-refractivity contribution in [3.05, 3.63) is 46.8 Å². The second-order valence-corrected chi connectivity index (χ2v) is 3.62. The Morgan fingerprint density at radius 3 is 2.94 bits per heavy atom. The molecule has 0 bridgehead atoms. The summed E-state index contributed by atoms with van der Waals surface area (Å²) >= 11 is 0. The molecule has 1 aliphatic carbocycles. The average molecular weight is 235 g/mol. The lowest BCUT2D eigenvalue weighted by molar-refractivity contribution is -0.167. The zero-order valence-corrected chi connectivity index (χ0v) is 9.07. The maximum atomic E-state index is 11.1. The number of allylic oxidation sites excluding steroid dienone is 2. The molecule has 89 valence electrons. The van der Waals surface area contributed by atoms with Gasteiger partial charge in [-0.05, 0) is 18.2 Å². The lowest BCUT2D eigenvalue weighted by Gasteiger charge is -2.27. The van der Waals surface area contributed by atoms with Gasteiger partial charge in [0.05, 0.1) is 0 Å². The van der Waals surface area contributed by atoms with E-state index in [1.54, 1.807) is 0 Å². The first-order valence-electron chi connectivity index (χ1n) is 4.92. The van der Waals surface area contributed by atoms with Crippen LogP contribution in [0.3, 0.4) is 0 Å². The standard InChI is InChI=1S/C11H11N2O4/c1-13-10(14)6-5-9(12-13)17-8-4-2-3-7-11(8,15)16/h3-8,15-16H,1H3/t8-/m1/s1. The van der Waals surface area contributed by atoms with Gasteiger partial charge in [-0.3, -0.25) is 4.79 Å². The third-order valence-electron chi connectivity index (χ3n) is 2.27. The fourth-order valence-corrected chi connectivity index (χ4v) is 1.33. The highest BCUT2D eigenvalue weighted by Crippen LogP contribution is 2.19. The summed E-state index contributed by atoms with van der Waals surface area (Å²) in [5.41, 5.74) is -0.276. The van der Waals surface area contributed by atoms with Gasteiger partial charge in [-0.15, -0.1) is 5.10 Å². The molecule has 2 rings (SSSR count). The van der Waals surface area contributed by atoms with Gasteiger partial charge >= 0.3 is 0 Å². The van der Waals surface area contributed by atoms with Crippen LogP contribution in [-0.2, 0) is 7.05 Å². The Morgan fingerprint density at radius 1 is 1.53 bits per heavy atom. The average Bonchev–Trinajstić information content (AvgIpc) is 2.26. The fourth-order valence-electron chi connectivity index (χ4n) is 1.33. The van der Waals surface area contributed by atoms with Crippen molar-refractivity contribution in [3.8, 4) is 5.88 Å². The molecule has 0 saturated heterocycles. The van der Waals surface area contributed by atoms with Crippen molar-refractivity contribution in [1.82, 2.24) is 9.78 Å². The molecule has 0 aromatic carbocycles. The van der Waals surface area contributed by atoms with Gasteiger partial charge in [-0.2, -0.15) is 0 Å². The Hall–Kier alpha value is -1.92. The quantitative estimate of drug-likeness (QED) is 0.651. The zero-order chi connectivity index (χ0) is 12.5. The van der Waals surface area contributed by atoms with Gasteiger partial charge in [0.2, 0.25) is 11.7 Å². The van der Waals surface area contributed by atoms with Crippen molar-refractivity contribution in [2.75, 3.05) is 0 Å². The monoisotopic (exact) mass is 235 g/mol. The Balaban J connectivity index is 2.21. The normalized spacial score (nSPS) is 21.5. The van der Waals surface area contributed by atoms with Crippen molar-refractivity contribution < 1.29 is 14.9 Å². The second kappa shape index (κ2) is 4.15. The lowest BCUT2D eigenvalue weighted by atomic mass is 10.1. The number of aryl methyl sites for hydroxylation is 1. The molecule has 17 heavy (non-hydrogen) atoms. The molecule has 0 unspecified atom stereocenters. The van der Waals surface area contributed by atoms with Gasteiger partial charge in [0.1, 0.15) is 0 Å². The molecule has 6 heteroatoms. The number of ether oxygens (including phenoxy) is 1. The van der Waals surface area contributed by atoms with Crippen LogP contribution in [0.1, 0.15) is 0 Å². The van der Waals surface area contributed by atoms with Crippen molar-refractivity contribution >= 4 is 0 Å². The molecule has 6 nitrogen and oxygen atoms in total. The molecule has 1 atom stereocenters. The minimum Gasteiger partial charge on any atom is -0.463 e. The molecule has 0 saturated carbocycles. The topological polar surface area (TPSA) is 84.6 Å². The van der Waals surface area contributed by atoms with Crippen molar-refractivity contribution in [2.24, 2.45) is 7.05 Å². The van der Waals surface area contributed by atoms with Crippen LogP contribution < -0.4 is 10.3 Å². The number of hydrogen-bond donors (Lipinski definition) is 2. The first-order valence-corrected chi connectivity index (χ1v) is 4.92. The number of aromatic nitrogens is 2. The highest BCUT2D eigenvalue weighted by Gasteiger charge is 2.33. The highest BCUT2D eigenvalue weighted by atomic mass is 16.6. The summed E-state index contributed by atoms with van der Waals surface area (Å²) in [7, 11) is 1.48. The van der Waals surface area contributed by atoms with Crippen LogP contribution in [0.5, 0.6) is 5.88 Å². The van der Waals surface area contributed by atoms with E-state index < -0.39 is 11.9 Å². The maximum absolute atomic E-state index is 11.1. The van der Waals surface area contributed by atoms with Crippen LogP contribution in [0.25, 0.3) is 0 Å². The predicted molar refractivity (Wildman–Crippen MR) is 58.0 cm³/mol. The minimum absolute atomic E-state index is 0.123. The molecular weight excluding hydrogens is 224 g/mol. The van der Waals surface area contributed by atoms with E-state index in [2.05, 4.69) is 11.2 Å². The molecule has 0 amide bonds. The van der Waals surface area contributed by atoms with E-state index in [1.165, 1.54) is 31.3 Å². The molecule has 1 aliphatic rings. The van der Waals surface area contributed by atoms with E-state index in [-0.39, 0.29) is 11.4 Å². The molecule has 1 aromatic rings. The van der Waals surface area contributed by atoms with Crippen molar-refractivity contribution in [3.63, 3.8) is 0 Å². The molecule has 0 fully saturated rings. The molecule has 1 heterocycles. The van der Waals surface area contributed by atoms with E-state index in [0.29, 0.717) is 0 Å². The molecule has 2 N–H and O–H groups in total. The number of rotatable bonds is 2. The van der Waals surface area contributed by atoms with E-state index >= 15 is 0 Å². The zero-order valence-electron chi connectivity index (χ0n) is 9.07. The van der Waals surface area contributed by atoms with Crippen LogP contribution >= 0.6 is 0 Å². The third-order valence-corrected chi connectivity index (χ3v) is 2.27. The Labute approximate surface area is 97.1 Å². The van der Waals surface area contributed by atoms with Crippen LogP contribution in [0.15, 0.2) is 35.2 Å². The molecular formula is C11H11N2O4. The van der Waals surface area contributed by atoms with Gasteiger partial charge in [0, 0.05) is 19.2 Å². The Bertz CT molecular complexity index is 531. The molecule has 1 aromatic heterocycles. The van der Waals surface area contributed by atoms with Gasteiger partial charge < -0.3 is 14.9 Å². The summed E-state index contributed by atoms with van der Waals surface area (Å²) in [5, 5.41) is 23.0. The van der Waals surface area contributed by atoms with E-state index in [1.807, 2.05) is 0 Å². The summed E-state index contributed by atoms with van der Waals surface area (Å²) < 4.78 is 6.36. The smallest absolute Gasteiger partial charge is 0.266 e. The summed E-state index contributed by atoms with van der Waals surface area (Å²) in [6.07, 6.45) is 5.58. The first kappa shape index (κ1) is 11.6. The second-order valence-electron chi connectivity index (χ2n) is 3.62. The summed E-state index contributed by atoms with van der Waals surface area (Å²) in [6, 6.07) is 2.65. The third kappa shape index (κ3) is 2.43. The largest absolute Gasteiger partial charge is 0.463 e. The van der Waals surface area contributed by atoms with Crippen LogP contribution in [0.2, 0.25) is 0 Å². The first-order chi connectivity index (χ1) is 7.99. The predicted octanol–water partition coefficient (Wildman–Crippen LogP) is -0.862.